The number of halogens is 1. The Hall–Kier alpha value is -1.14. The van der Waals surface area contributed by atoms with Gasteiger partial charge in [0.2, 0.25) is 0 Å². The van der Waals surface area contributed by atoms with Crippen LogP contribution in [0, 0.1) is 0 Å². The molecule has 1 rings (SSSR count). The van der Waals surface area contributed by atoms with Crippen molar-refractivity contribution in [1.29, 1.82) is 0 Å². The van der Waals surface area contributed by atoms with Crippen LogP contribution in [0.1, 0.15) is 34.6 Å². The molecule has 1 atom stereocenters. The van der Waals surface area contributed by atoms with Crippen molar-refractivity contribution in [2.24, 2.45) is 0 Å². The Labute approximate surface area is 113 Å². The van der Waals surface area contributed by atoms with Gasteiger partial charge in [0.05, 0.1) is 19.3 Å². The predicted octanol–water partition coefficient (Wildman–Crippen LogP) is 2.20. The van der Waals surface area contributed by atoms with Crippen LogP contribution in [0.5, 0.6) is 0 Å². The number of hydrogen-bond donors (Lipinski definition) is 1. The minimum Gasteiger partial charge on any atom is -0.444 e. The minimum atomic E-state index is -0.876. The Kier molecular flexibility index (Phi) is 4.58. The summed E-state index contributed by atoms with van der Waals surface area (Å²) in [5, 5.41) is 8.72. The maximum Gasteiger partial charge on any atom is 0.413 e. The van der Waals surface area contributed by atoms with Crippen molar-refractivity contribution in [3.8, 4) is 0 Å². The van der Waals surface area contributed by atoms with Crippen molar-refractivity contribution in [2.45, 2.75) is 52.0 Å². The van der Waals surface area contributed by atoms with Crippen LogP contribution < -0.4 is 0 Å². The molecule has 1 aliphatic heterocycles. The Bertz CT molecular complexity index is 373. The topological polar surface area (TPSA) is 59.0 Å². The summed E-state index contributed by atoms with van der Waals surface area (Å²) in [4.78, 5) is 13.5. The number of amides is 1. The average Bonchev–Trinajstić information content (AvgIpc) is 2.51. The average molecular weight is 275 g/mol. The van der Waals surface area contributed by atoms with Crippen LogP contribution in [0.2, 0.25) is 0 Å². The van der Waals surface area contributed by atoms with Crippen molar-refractivity contribution >= 4 is 6.09 Å². The van der Waals surface area contributed by atoms with E-state index in [-0.39, 0.29) is 6.61 Å². The maximum absolute atomic E-state index is 13.2. The summed E-state index contributed by atoms with van der Waals surface area (Å²) in [6.07, 6.45) is 0.612. The van der Waals surface area contributed by atoms with Gasteiger partial charge in [-0.05, 0) is 40.7 Å². The van der Waals surface area contributed by atoms with Crippen LogP contribution in [-0.4, -0.2) is 46.7 Å². The molecule has 1 aliphatic rings. The van der Waals surface area contributed by atoms with Gasteiger partial charge in [0, 0.05) is 0 Å². The predicted molar refractivity (Wildman–Crippen MR) is 68.2 cm³/mol. The Balaban J connectivity index is 2.93. The molecule has 0 aliphatic carbocycles. The van der Waals surface area contributed by atoms with E-state index in [2.05, 4.69) is 0 Å². The fraction of sp³-hybridized carbons (Fsp3) is 0.769. The largest absolute Gasteiger partial charge is 0.444 e. The van der Waals surface area contributed by atoms with Gasteiger partial charge in [-0.15, -0.1) is 0 Å². The monoisotopic (exact) mass is 275 g/mol. The Morgan fingerprint density at radius 1 is 1.58 bits per heavy atom. The molecule has 6 heteroatoms. The molecule has 110 valence electrons. The summed E-state index contributed by atoms with van der Waals surface area (Å²) in [6, 6.07) is -0.586. The van der Waals surface area contributed by atoms with Gasteiger partial charge in [0.25, 0.3) is 0 Å². The molecule has 1 saturated heterocycles. The zero-order valence-corrected chi connectivity index (χ0v) is 12.1. The van der Waals surface area contributed by atoms with Gasteiger partial charge < -0.3 is 14.6 Å². The first-order valence-corrected chi connectivity index (χ1v) is 6.20. The second kappa shape index (κ2) is 5.46. The molecule has 1 N–H and O–H groups in total. The van der Waals surface area contributed by atoms with Crippen LogP contribution in [-0.2, 0) is 9.47 Å². The molecule has 0 spiro atoms. The van der Waals surface area contributed by atoms with Crippen LogP contribution in [0.25, 0.3) is 0 Å². The molecule has 5 nitrogen and oxygen atoms in total. The highest BCUT2D eigenvalue weighted by molar-refractivity contribution is 5.70. The number of hydrogen-bond acceptors (Lipinski definition) is 4. The van der Waals surface area contributed by atoms with Crippen LogP contribution in [0.15, 0.2) is 11.9 Å². The van der Waals surface area contributed by atoms with Crippen molar-refractivity contribution in [3.05, 3.63) is 11.9 Å². The fourth-order valence-electron chi connectivity index (χ4n) is 1.88. The van der Waals surface area contributed by atoms with E-state index in [1.54, 1.807) is 34.6 Å². The smallest absolute Gasteiger partial charge is 0.413 e. The molecule has 0 aromatic heterocycles. The normalized spacial score (nSPS) is 23.6. The molecule has 0 unspecified atom stereocenters. The van der Waals surface area contributed by atoms with Gasteiger partial charge in [0.15, 0.2) is 0 Å². The SMILES string of the molecule is CC(C)(C)OC(=O)N1[C@H](/C=C(\F)CO)COC1(C)C. The van der Waals surface area contributed by atoms with E-state index >= 15 is 0 Å². The molecule has 1 heterocycles. The first kappa shape index (κ1) is 15.9. The number of ether oxygens (including phenoxy) is 2. The summed E-state index contributed by atoms with van der Waals surface area (Å²) in [5.41, 5.74) is -1.52. The third kappa shape index (κ3) is 4.18. The zero-order valence-electron chi connectivity index (χ0n) is 12.1. The highest BCUT2D eigenvalue weighted by Crippen LogP contribution is 2.30. The number of aliphatic hydroxyl groups is 1. The van der Waals surface area contributed by atoms with E-state index in [1.165, 1.54) is 11.0 Å². The summed E-state index contributed by atoms with van der Waals surface area (Å²) in [7, 11) is 0. The van der Waals surface area contributed by atoms with Crippen LogP contribution >= 0.6 is 0 Å². The van der Waals surface area contributed by atoms with E-state index in [1.807, 2.05) is 0 Å². The quantitative estimate of drug-likeness (QED) is 0.839. The second-order valence-corrected chi connectivity index (χ2v) is 5.95. The first-order valence-electron chi connectivity index (χ1n) is 6.20. The molecule has 19 heavy (non-hydrogen) atoms. The number of aliphatic hydroxyl groups excluding tert-OH is 1. The standard InChI is InChI=1S/C13H22FNO4/c1-12(2,3)19-11(17)15-10(6-9(14)7-16)8-18-13(15,4)5/h6,10,16H,7-8H2,1-5H3/b9-6-/t10-/m1/s1. The Morgan fingerprint density at radius 2 is 2.16 bits per heavy atom. The first-order chi connectivity index (χ1) is 8.57. The van der Waals surface area contributed by atoms with Gasteiger partial charge in [-0.1, -0.05) is 0 Å². The van der Waals surface area contributed by atoms with E-state index in [9.17, 15) is 9.18 Å². The summed E-state index contributed by atoms with van der Waals surface area (Å²) >= 11 is 0. The highest BCUT2D eigenvalue weighted by Gasteiger charge is 2.45. The molecule has 0 saturated carbocycles. The molecule has 1 fully saturated rings. The summed E-state index contributed by atoms with van der Waals surface area (Å²) < 4.78 is 24.0. The molecular weight excluding hydrogens is 253 g/mol. The molecule has 0 aromatic rings. The van der Waals surface area contributed by atoms with Gasteiger partial charge in [-0.25, -0.2) is 9.18 Å². The lowest BCUT2D eigenvalue weighted by Gasteiger charge is -2.34. The molecule has 0 aromatic carbocycles. The molecule has 0 radical (unpaired) electrons. The number of rotatable bonds is 2. The fourth-order valence-corrected chi connectivity index (χ4v) is 1.88. The van der Waals surface area contributed by atoms with Crippen LogP contribution in [0.3, 0.4) is 0 Å². The minimum absolute atomic E-state index is 0.166. The van der Waals surface area contributed by atoms with E-state index < -0.39 is 35.9 Å². The third-order valence-electron chi connectivity index (χ3n) is 2.63. The van der Waals surface area contributed by atoms with Crippen molar-refractivity contribution in [2.75, 3.05) is 13.2 Å². The van der Waals surface area contributed by atoms with Crippen molar-refractivity contribution in [3.63, 3.8) is 0 Å². The van der Waals surface area contributed by atoms with Crippen molar-refractivity contribution < 1.29 is 23.8 Å². The number of carbonyl (C=O) groups excluding carboxylic acids is 1. The van der Waals surface area contributed by atoms with Gasteiger partial charge in [-0.3, -0.25) is 4.90 Å². The molecular formula is C13H22FNO4. The number of nitrogens with zero attached hydrogens (tertiary/aromatic N) is 1. The zero-order chi connectivity index (χ0) is 14.8. The van der Waals surface area contributed by atoms with Gasteiger partial charge in [-0.2, -0.15) is 0 Å². The maximum atomic E-state index is 13.2. The van der Waals surface area contributed by atoms with Gasteiger partial charge in [0.1, 0.15) is 17.2 Å². The van der Waals surface area contributed by atoms with E-state index in [0.717, 1.165) is 0 Å². The van der Waals surface area contributed by atoms with E-state index in [4.69, 9.17) is 14.6 Å². The number of carbonyl (C=O) groups is 1. The summed E-state index contributed by atoms with van der Waals surface area (Å²) in [5.74, 6) is -0.695. The molecule has 0 bridgehead atoms. The van der Waals surface area contributed by atoms with Gasteiger partial charge >= 0.3 is 6.09 Å². The van der Waals surface area contributed by atoms with Crippen LogP contribution in [0.4, 0.5) is 9.18 Å². The molecule has 1 amide bonds. The Morgan fingerprint density at radius 3 is 2.63 bits per heavy atom. The van der Waals surface area contributed by atoms with Crippen molar-refractivity contribution in [1.82, 2.24) is 4.90 Å². The lowest BCUT2D eigenvalue weighted by molar-refractivity contribution is -0.0611. The second-order valence-electron chi connectivity index (χ2n) is 5.95. The van der Waals surface area contributed by atoms with E-state index in [0.29, 0.717) is 0 Å². The third-order valence-corrected chi connectivity index (χ3v) is 2.63. The highest BCUT2D eigenvalue weighted by atomic mass is 19.1. The lowest BCUT2D eigenvalue weighted by Crippen LogP contribution is -2.49. The lowest BCUT2D eigenvalue weighted by atomic mass is 10.2. The summed E-state index contributed by atoms with van der Waals surface area (Å²) in [6.45, 7) is 8.16.